The third-order valence-electron chi connectivity index (χ3n) is 5.74. The van der Waals surface area contributed by atoms with Crippen LogP contribution < -0.4 is 10.2 Å². The third kappa shape index (κ3) is 4.76. The fourth-order valence-corrected chi connectivity index (χ4v) is 4.07. The summed E-state index contributed by atoms with van der Waals surface area (Å²) in [7, 11) is 1.41. The van der Waals surface area contributed by atoms with Gasteiger partial charge in [0.2, 0.25) is 5.95 Å². The molecule has 2 heterocycles. The van der Waals surface area contributed by atoms with Crippen LogP contribution in [0.2, 0.25) is 0 Å². The van der Waals surface area contributed by atoms with Crippen molar-refractivity contribution in [1.82, 2.24) is 9.97 Å². The summed E-state index contributed by atoms with van der Waals surface area (Å²) in [6.45, 7) is 0.960. The first-order valence-corrected chi connectivity index (χ1v) is 10.5. The molecule has 31 heavy (non-hydrogen) atoms. The number of nitrogens with zero attached hydrogens (tertiary/aromatic N) is 3. The number of carbonyl (C=O) groups is 2. The van der Waals surface area contributed by atoms with E-state index in [1.54, 1.807) is 24.3 Å². The molecule has 1 saturated heterocycles. The van der Waals surface area contributed by atoms with E-state index in [0.29, 0.717) is 30.4 Å². The number of amides is 1. The summed E-state index contributed by atoms with van der Waals surface area (Å²) >= 11 is 0. The van der Waals surface area contributed by atoms with E-state index in [9.17, 15) is 14.0 Å². The van der Waals surface area contributed by atoms with Crippen molar-refractivity contribution in [1.29, 1.82) is 0 Å². The SMILES string of the molecule is COC(=O)[C@H]1CC[C@H](Nc2ncc(F)c(-c3cccc(N4CCCOC4=O)c3)n2)CC1. The molecule has 1 N–H and O–H groups in total. The molecule has 1 amide bonds. The van der Waals surface area contributed by atoms with Gasteiger partial charge < -0.3 is 14.8 Å². The number of halogens is 1. The fourth-order valence-electron chi connectivity index (χ4n) is 4.07. The van der Waals surface area contributed by atoms with Crippen molar-refractivity contribution in [2.75, 3.05) is 30.5 Å². The van der Waals surface area contributed by atoms with Crippen LogP contribution in [0.25, 0.3) is 11.3 Å². The predicted octanol–water partition coefficient (Wildman–Crippen LogP) is 3.77. The van der Waals surface area contributed by atoms with Crippen molar-refractivity contribution in [3.8, 4) is 11.3 Å². The number of hydrogen-bond acceptors (Lipinski definition) is 7. The van der Waals surface area contributed by atoms with E-state index in [2.05, 4.69) is 15.3 Å². The molecule has 0 radical (unpaired) electrons. The molecule has 1 aromatic carbocycles. The van der Waals surface area contributed by atoms with Crippen LogP contribution in [0.5, 0.6) is 0 Å². The molecule has 2 aliphatic rings. The van der Waals surface area contributed by atoms with E-state index in [1.165, 1.54) is 12.0 Å². The van der Waals surface area contributed by atoms with Gasteiger partial charge in [-0.1, -0.05) is 12.1 Å². The zero-order chi connectivity index (χ0) is 21.8. The second-order valence-corrected chi connectivity index (χ2v) is 7.78. The molecular formula is C22H25FN4O4. The Morgan fingerprint density at radius 1 is 1.29 bits per heavy atom. The average molecular weight is 428 g/mol. The molecule has 0 spiro atoms. The molecule has 2 fully saturated rings. The van der Waals surface area contributed by atoms with Crippen LogP contribution in [0.15, 0.2) is 30.5 Å². The summed E-state index contributed by atoms with van der Waals surface area (Å²) in [5, 5.41) is 3.26. The number of rotatable bonds is 5. The molecule has 0 atom stereocenters. The minimum atomic E-state index is -0.543. The largest absolute Gasteiger partial charge is 0.469 e. The molecule has 164 valence electrons. The quantitative estimate of drug-likeness (QED) is 0.725. The second-order valence-electron chi connectivity index (χ2n) is 7.78. The van der Waals surface area contributed by atoms with Gasteiger partial charge in [-0.25, -0.2) is 19.2 Å². The lowest BCUT2D eigenvalue weighted by atomic mass is 9.86. The molecule has 0 bridgehead atoms. The monoisotopic (exact) mass is 428 g/mol. The summed E-state index contributed by atoms with van der Waals surface area (Å²) < 4.78 is 24.5. The summed E-state index contributed by atoms with van der Waals surface area (Å²) in [6.07, 6.45) is 4.50. The van der Waals surface area contributed by atoms with Crippen molar-refractivity contribution in [2.45, 2.75) is 38.1 Å². The Kier molecular flexibility index (Phi) is 6.29. The van der Waals surface area contributed by atoms with Gasteiger partial charge in [0.15, 0.2) is 5.82 Å². The van der Waals surface area contributed by atoms with E-state index in [-0.39, 0.29) is 23.6 Å². The molecule has 1 aliphatic heterocycles. The Labute approximate surface area is 179 Å². The smallest absolute Gasteiger partial charge is 0.414 e. The maximum absolute atomic E-state index is 14.6. The number of aromatic nitrogens is 2. The Balaban J connectivity index is 1.49. The average Bonchev–Trinajstić information content (AvgIpc) is 2.80. The maximum atomic E-state index is 14.6. The standard InChI is InChI=1S/C22H25FN4O4/c1-30-20(28)14-6-8-16(9-7-14)25-21-24-13-18(23)19(26-21)15-4-2-5-17(12-15)27-10-3-11-31-22(27)29/h2,4-5,12-14,16H,3,6-11H2,1H3,(H,24,25,26)/t14-,16-. The van der Waals surface area contributed by atoms with Crippen molar-refractivity contribution in [3.63, 3.8) is 0 Å². The topological polar surface area (TPSA) is 93.6 Å². The van der Waals surface area contributed by atoms with Crippen LogP contribution in [0, 0.1) is 11.7 Å². The number of carbonyl (C=O) groups excluding carboxylic acids is 2. The van der Waals surface area contributed by atoms with Crippen LogP contribution in [0.1, 0.15) is 32.1 Å². The molecular weight excluding hydrogens is 403 g/mol. The van der Waals surface area contributed by atoms with Crippen molar-refractivity contribution < 1.29 is 23.5 Å². The van der Waals surface area contributed by atoms with Crippen LogP contribution in [-0.4, -0.2) is 48.3 Å². The fraction of sp³-hybridized carbons (Fsp3) is 0.455. The lowest BCUT2D eigenvalue weighted by molar-refractivity contribution is -0.146. The minimum absolute atomic E-state index is 0.0723. The van der Waals surface area contributed by atoms with E-state index >= 15 is 0 Å². The van der Waals surface area contributed by atoms with Gasteiger partial charge >= 0.3 is 12.1 Å². The van der Waals surface area contributed by atoms with Gasteiger partial charge in [-0.05, 0) is 44.2 Å². The van der Waals surface area contributed by atoms with Gasteiger partial charge in [-0.15, -0.1) is 0 Å². The van der Waals surface area contributed by atoms with Crippen LogP contribution in [-0.2, 0) is 14.3 Å². The number of esters is 1. The van der Waals surface area contributed by atoms with Gasteiger partial charge in [0.25, 0.3) is 0 Å². The lowest BCUT2D eigenvalue weighted by Gasteiger charge is -2.27. The van der Waals surface area contributed by atoms with Gasteiger partial charge in [0, 0.05) is 23.8 Å². The highest BCUT2D eigenvalue weighted by atomic mass is 19.1. The third-order valence-corrected chi connectivity index (χ3v) is 5.74. The van der Waals surface area contributed by atoms with E-state index in [0.717, 1.165) is 38.3 Å². The zero-order valence-corrected chi connectivity index (χ0v) is 17.3. The first-order chi connectivity index (χ1) is 15.0. The number of methoxy groups -OCH3 is 1. The zero-order valence-electron chi connectivity index (χ0n) is 17.3. The van der Waals surface area contributed by atoms with E-state index in [1.807, 2.05) is 0 Å². The number of hydrogen-bond donors (Lipinski definition) is 1. The highest BCUT2D eigenvalue weighted by Gasteiger charge is 2.27. The normalized spacial score (nSPS) is 21.4. The molecule has 1 saturated carbocycles. The van der Waals surface area contributed by atoms with Crippen molar-refractivity contribution in [2.24, 2.45) is 5.92 Å². The molecule has 8 nitrogen and oxygen atoms in total. The number of ether oxygens (including phenoxy) is 2. The van der Waals surface area contributed by atoms with Crippen LogP contribution in [0.4, 0.5) is 20.8 Å². The molecule has 2 aromatic rings. The van der Waals surface area contributed by atoms with Gasteiger partial charge in [0.05, 0.1) is 25.8 Å². The number of nitrogens with one attached hydrogen (secondary N) is 1. The lowest BCUT2D eigenvalue weighted by Crippen LogP contribution is -2.37. The first kappa shape index (κ1) is 21.0. The second kappa shape index (κ2) is 9.28. The highest BCUT2D eigenvalue weighted by molar-refractivity contribution is 5.89. The van der Waals surface area contributed by atoms with Crippen molar-refractivity contribution in [3.05, 3.63) is 36.3 Å². The molecule has 4 rings (SSSR count). The van der Waals surface area contributed by atoms with E-state index in [4.69, 9.17) is 9.47 Å². The van der Waals surface area contributed by atoms with Crippen molar-refractivity contribution >= 4 is 23.7 Å². The van der Waals surface area contributed by atoms with Crippen LogP contribution in [0.3, 0.4) is 0 Å². The Morgan fingerprint density at radius 2 is 2.10 bits per heavy atom. The van der Waals surface area contributed by atoms with E-state index < -0.39 is 11.9 Å². The Morgan fingerprint density at radius 3 is 2.84 bits per heavy atom. The molecule has 1 aromatic heterocycles. The first-order valence-electron chi connectivity index (χ1n) is 10.5. The summed E-state index contributed by atoms with van der Waals surface area (Å²) in [6, 6.07) is 7.12. The summed E-state index contributed by atoms with van der Waals surface area (Å²) in [5.41, 5.74) is 1.34. The Hall–Kier alpha value is -3.23. The number of benzene rings is 1. The number of anilines is 2. The number of cyclic esters (lactones) is 1. The summed E-state index contributed by atoms with van der Waals surface area (Å²) in [5.74, 6) is -0.452. The molecule has 0 unspecified atom stereocenters. The summed E-state index contributed by atoms with van der Waals surface area (Å²) in [4.78, 5) is 33.7. The Bertz CT molecular complexity index is 962. The molecule has 1 aliphatic carbocycles. The maximum Gasteiger partial charge on any atom is 0.414 e. The molecule has 9 heteroatoms. The van der Waals surface area contributed by atoms with Gasteiger partial charge in [0.1, 0.15) is 5.69 Å². The van der Waals surface area contributed by atoms with Crippen LogP contribution >= 0.6 is 0 Å². The highest BCUT2D eigenvalue weighted by Crippen LogP contribution is 2.29. The van der Waals surface area contributed by atoms with Gasteiger partial charge in [-0.2, -0.15) is 0 Å². The minimum Gasteiger partial charge on any atom is -0.469 e. The van der Waals surface area contributed by atoms with Gasteiger partial charge in [-0.3, -0.25) is 9.69 Å². The predicted molar refractivity (Wildman–Crippen MR) is 112 cm³/mol.